The number of primary amides is 1. The van der Waals surface area contributed by atoms with Crippen LogP contribution in [0, 0.1) is 0 Å². The van der Waals surface area contributed by atoms with Gasteiger partial charge in [-0.05, 0) is 55.5 Å². The third-order valence-corrected chi connectivity index (χ3v) is 6.62. The first-order valence-electron chi connectivity index (χ1n) is 13.2. The smallest absolute Gasteiger partial charge is 0.349 e. The Balaban J connectivity index is 1.41. The topological polar surface area (TPSA) is 181 Å². The number of carbonyl (C=O) groups excluding carboxylic acids is 6. The van der Waals surface area contributed by atoms with Crippen LogP contribution in [-0.2, 0) is 33.4 Å². The first-order valence-corrected chi connectivity index (χ1v) is 13.2. The number of methoxy groups -OCH3 is 1. The van der Waals surface area contributed by atoms with Gasteiger partial charge >= 0.3 is 17.9 Å². The second-order valence-corrected chi connectivity index (χ2v) is 9.62. The molecular formula is C30H29N3O11. The largest absolute Gasteiger partial charge is 0.476 e. The Bertz CT molecular complexity index is 1550. The summed E-state index contributed by atoms with van der Waals surface area (Å²) in [5.41, 5.74) is 6.17. The fourth-order valence-corrected chi connectivity index (χ4v) is 4.44. The fraction of sp³-hybridized carbons (Fsp3) is 0.267. The van der Waals surface area contributed by atoms with Crippen molar-refractivity contribution in [2.45, 2.75) is 25.2 Å². The molecule has 14 nitrogen and oxygen atoms in total. The molecule has 2 aliphatic heterocycles. The Morgan fingerprint density at radius 1 is 0.886 bits per heavy atom. The van der Waals surface area contributed by atoms with Crippen molar-refractivity contribution >= 4 is 47.0 Å². The molecule has 0 saturated heterocycles. The number of benzene rings is 2. The van der Waals surface area contributed by atoms with Crippen LogP contribution in [0.2, 0.25) is 0 Å². The predicted molar refractivity (Wildman–Crippen MR) is 153 cm³/mol. The lowest BCUT2D eigenvalue weighted by atomic mass is 10.1. The summed E-state index contributed by atoms with van der Waals surface area (Å²) in [7, 11) is 1.21. The van der Waals surface area contributed by atoms with Crippen LogP contribution in [-0.4, -0.2) is 80.7 Å². The van der Waals surface area contributed by atoms with E-state index in [1.54, 1.807) is 0 Å². The number of hydrogen-bond acceptors (Lipinski definition) is 11. The highest BCUT2D eigenvalue weighted by atomic mass is 16.6. The highest BCUT2D eigenvalue weighted by Crippen LogP contribution is 2.36. The molecule has 0 bridgehead atoms. The van der Waals surface area contributed by atoms with Crippen LogP contribution >= 0.6 is 0 Å². The summed E-state index contributed by atoms with van der Waals surface area (Å²) in [6.45, 7) is 7.74. The SMILES string of the molecule is C=CC(=O)N1CC(C(N)=O)Oc2cc(C(=O)OC[C@H](C)OC(=O)C3CN(C(=O)C=C)c4ccc(C(=O)OC)cc4O3)ccc21. The number of anilines is 2. The molecule has 2 heterocycles. The van der Waals surface area contributed by atoms with E-state index in [0.29, 0.717) is 11.4 Å². The summed E-state index contributed by atoms with van der Waals surface area (Å²) < 4.78 is 26.8. The van der Waals surface area contributed by atoms with E-state index in [0.717, 1.165) is 12.2 Å². The molecule has 0 spiro atoms. The Labute approximate surface area is 251 Å². The monoisotopic (exact) mass is 607 g/mol. The molecule has 2 aromatic carbocycles. The summed E-state index contributed by atoms with van der Waals surface area (Å²) in [6.07, 6.45) is -1.20. The van der Waals surface area contributed by atoms with Crippen molar-refractivity contribution in [2.75, 3.05) is 36.6 Å². The number of amides is 3. The molecule has 0 radical (unpaired) electrons. The lowest BCUT2D eigenvalue weighted by Crippen LogP contribution is -2.49. The summed E-state index contributed by atoms with van der Waals surface area (Å²) >= 11 is 0. The molecule has 2 aromatic rings. The standard InChI is InChI=1S/C30H29N3O11/c1-5-25(34)32-13-23(27(31)36)43-21-12-18(8-10-19(21)32)29(38)41-15-16(3)42-30(39)24-14-33(26(35)6-2)20-9-7-17(28(37)40-4)11-22(20)44-24/h5-12,16,23-24H,1-2,13-15H2,3-4H3,(H2,31,36)/t16-,23?,24?/m0/s1. The first-order chi connectivity index (χ1) is 21.0. The number of esters is 3. The summed E-state index contributed by atoms with van der Waals surface area (Å²) in [4.78, 5) is 76.8. The Kier molecular flexibility index (Phi) is 9.32. The van der Waals surface area contributed by atoms with Crippen molar-refractivity contribution in [1.29, 1.82) is 0 Å². The zero-order valence-electron chi connectivity index (χ0n) is 23.8. The van der Waals surface area contributed by atoms with Crippen LogP contribution in [0.4, 0.5) is 11.4 Å². The van der Waals surface area contributed by atoms with Gasteiger partial charge in [-0.2, -0.15) is 0 Å². The quantitative estimate of drug-likeness (QED) is 0.247. The number of nitrogens with two attached hydrogens (primary N) is 1. The highest BCUT2D eigenvalue weighted by Gasteiger charge is 2.36. The van der Waals surface area contributed by atoms with Crippen molar-refractivity contribution in [2.24, 2.45) is 5.73 Å². The van der Waals surface area contributed by atoms with Crippen LogP contribution in [0.15, 0.2) is 61.7 Å². The van der Waals surface area contributed by atoms with Gasteiger partial charge < -0.3 is 39.2 Å². The lowest BCUT2D eigenvalue weighted by Gasteiger charge is -2.33. The average Bonchev–Trinajstić information content (AvgIpc) is 3.04. The van der Waals surface area contributed by atoms with Crippen molar-refractivity contribution < 1.29 is 52.5 Å². The number of rotatable bonds is 9. The number of ether oxygens (including phenoxy) is 5. The van der Waals surface area contributed by atoms with Crippen LogP contribution < -0.4 is 25.0 Å². The Morgan fingerprint density at radius 2 is 1.39 bits per heavy atom. The molecule has 4 rings (SSSR count). The normalized spacial score (nSPS) is 17.3. The van der Waals surface area contributed by atoms with Crippen molar-refractivity contribution in [1.82, 2.24) is 0 Å². The van der Waals surface area contributed by atoms with E-state index in [4.69, 9.17) is 29.4 Å². The van der Waals surface area contributed by atoms with Crippen molar-refractivity contribution in [3.63, 3.8) is 0 Å². The minimum absolute atomic E-state index is 0.0330. The van der Waals surface area contributed by atoms with Gasteiger partial charge in [-0.1, -0.05) is 13.2 Å². The highest BCUT2D eigenvalue weighted by molar-refractivity contribution is 6.05. The lowest BCUT2D eigenvalue weighted by molar-refractivity contribution is -0.158. The van der Waals surface area contributed by atoms with Gasteiger partial charge in [0.25, 0.3) is 17.7 Å². The van der Waals surface area contributed by atoms with E-state index in [2.05, 4.69) is 13.2 Å². The van der Waals surface area contributed by atoms with E-state index in [1.165, 1.54) is 60.2 Å². The predicted octanol–water partition coefficient (Wildman–Crippen LogP) is 1.31. The van der Waals surface area contributed by atoms with Crippen LogP contribution in [0.1, 0.15) is 27.6 Å². The third kappa shape index (κ3) is 6.53. The zero-order valence-corrected chi connectivity index (χ0v) is 23.8. The number of nitrogens with zero attached hydrogens (tertiary/aromatic N) is 2. The molecular weight excluding hydrogens is 578 g/mol. The fourth-order valence-electron chi connectivity index (χ4n) is 4.44. The number of fused-ring (bicyclic) bond motifs is 2. The Hall–Kier alpha value is -5.66. The van der Waals surface area contributed by atoms with Gasteiger partial charge in [-0.3, -0.25) is 14.4 Å². The first kappa shape index (κ1) is 31.3. The molecule has 2 N–H and O–H groups in total. The van der Waals surface area contributed by atoms with E-state index in [1.807, 2.05) is 0 Å². The second kappa shape index (κ2) is 13.1. The second-order valence-electron chi connectivity index (χ2n) is 9.62. The maximum atomic E-state index is 13.0. The summed E-state index contributed by atoms with van der Waals surface area (Å²) in [5.74, 6) is -3.94. The molecule has 0 fully saturated rings. The minimum Gasteiger partial charge on any atom is -0.476 e. The zero-order chi connectivity index (χ0) is 32.1. The van der Waals surface area contributed by atoms with Crippen LogP contribution in [0.3, 0.4) is 0 Å². The Morgan fingerprint density at radius 3 is 1.89 bits per heavy atom. The number of hydrogen-bond donors (Lipinski definition) is 1. The maximum Gasteiger partial charge on any atom is 0.349 e. The van der Waals surface area contributed by atoms with E-state index < -0.39 is 53.9 Å². The molecule has 2 aliphatic rings. The molecule has 230 valence electrons. The van der Waals surface area contributed by atoms with Gasteiger partial charge in [0.15, 0.2) is 6.10 Å². The van der Waals surface area contributed by atoms with E-state index >= 15 is 0 Å². The van der Waals surface area contributed by atoms with Gasteiger partial charge in [-0.15, -0.1) is 0 Å². The average molecular weight is 608 g/mol. The summed E-state index contributed by atoms with van der Waals surface area (Å²) in [6, 6.07) is 8.43. The van der Waals surface area contributed by atoms with Crippen molar-refractivity contribution in [3.8, 4) is 11.5 Å². The molecule has 14 heteroatoms. The van der Waals surface area contributed by atoms with Gasteiger partial charge in [-0.25, -0.2) is 14.4 Å². The minimum atomic E-state index is -1.27. The number of carbonyl (C=O) groups is 6. The van der Waals surface area contributed by atoms with Crippen molar-refractivity contribution in [3.05, 3.63) is 72.8 Å². The van der Waals surface area contributed by atoms with Crippen LogP contribution in [0.25, 0.3) is 0 Å². The molecule has 3 amide bonds. The van der Waals surface area contributed by atoms with Gasteiger partial charge in [0.05, 0.1) is 42.7 Å². The molecule has 0 aliphatic carbocycles. The van der Waals surface area contributed by atoms with E-state index in [-0.39, 0.29) is 42.3 Å². The van der Waals surface area contributed by atoms with E-state index in [9.17, 15) is 28.8 Å². The molecule has 0 saturated carbocycles. The maximum absolute atomic E-state index is 13.0. The molecule has 2 unspecified atom stereocenters. The van der Waals surface area contributed by atoms with Gasteiger partial charge in [0.2, 0.25) is 6.10 Å². The van der Waals surface area contributed by atoms with Crippen LogP contribution in [0.5, 0.6) is 11.5 Å². The van der Waals surface area contributed by atoms with Gasteiger partial charge in [0.1, 0.15) is 24.2 Å². The molecule has 44 heavy (non-hydrogen) atoms. The van der Waals surface area contributed by atoms with Gasteiger partial charge in [0, 0.05) is 0 Å². The summed E-state index contributed by atoms with van der Waals surface area (Å²) in [5, 5.41) is 0. The molecule has 3 atom stereocenters. The third-order valence-electron chi connectivity index (χ3n) is 6.62. The molecule has 0 aromatic heterocycles.